The number of methoxy groups -OCH3 is 2. The Morgan fingerprint density at radius 3 is 2.75 bits per heavy atom. The number of likely N-dealkylation sites (tertiary alicyclic amines) is 1. The fraction of sp³-hybridized carbons (Fsp3) is 0.632. The minimum Gasteiger partial charge on any atom is -0.493 e. The number of piperidine rings is 1. The highest BCUT2D eigenvalue weighted by Crippen LogP contribution is 2.27. The number of rotatable bonds is 8. The fourth-order valence-electron chi connectivity index (χ4n) is 3.32. The topological polar surface area (TPSA) is 50.8 Å². The average molecular weight is 334 g/mol. The lowest BCUT2D eigenvalue weighted by molar-refractivity contribution is -0.133. The van der Waals surface area contributed by atoms with Crippen LogP contribution in [-0.4, -0.2) is 50.7 Å². The van der Waals surface area contributed by atoms with Crippen LogP contribution in [0.5, 0.6) is 11.5 Å². The largest absolute Gasteiger partial charge is 0.493 e. The van der Waals surface area contributed by atoms with E-state index in [1.165, 1.54) is 6.42 Å². The highest BCUT2D eigenvalue weighted by Gasteiger charge is 2.24. The SMILES string of the molecule is CCC1CCCCN1C(=O)CNCCc1ccc(OC)c(OC)c1. The Balaban J connectivity index is 1.77. The van der Waals surface area contributed by atoms with Crippen LogP contribution in [0.1, 0.15) is 38.2 Å². The van der Waals surface area contributed by atoms with Gasteiger partial charge in [-0.05, 0) is 56.3 Å². The van der Waals surface area contributed by atoms with Gasteiger partial charge >= 0.3 is 0 Å². The molecule has 0 spiro atoms. The molecule has 1 aliphatic heterocycles. The maximum Gasteiger partial charge on any atom is 0.236 e. The average Bonchev–Trinajstić information content (AvgIpc) is 2.64. The van der Waals surface area contributed by atoms with Crippen molar-refractivity contribution in [2.45, 2.75) is 45.1 Å². The van der Waals surface area contributed by atoms with E-state index in [0.717, 1.165) is 55.8 Å². The number of amides is 1. The molecule has 0 aliphatic carbocycles. The zero-order valence-corrected chi connectivity index (χ0v) is 15.1. The minimum atomic E-state index is 0.230. The predicted octanol–water partition coefficient (Wildman–Crippen LogP) is 2.63. The first-order valence-electron chi connectivity index (χ1n) is 8.90. The summed E-state index contributed by atoms with van der Waals surface area (Å²) in [5.41, 5.74) is 1.16. The summed E-state index contributed by atoms with van der Waals surface area (Å²) in [6.45, 7) is 4.27. The Morgan fingerprint density at radius 1 is 1.25 bits per heavy atom. The molecule has 1 aromatic rings. The third-order valence-corrected chi connectivity index (χ3v) is 4.73. The number of carbonyl (C=O) groups excluding carboxylic acids is 1. The van der Waals surface area contributed by atoms with Gasteiger partial charge in [0.15, 0.2) is 11.5 Å². The highest BCUT2D eigenvalue weighted by atomic mass is 16.5. The van der Waals surface area contributed by atoms with Crippen molar-refractivity contribution in [3.8, 4) is 11.5 Å². The fourth-order valence-corrected chi connectivity index (χ4v) is 3.32. The zero-order valence-electron chi connectivity index (χ0n) is 15.1. The molecule has 1 N–H and O–H groups in total. The molecular formula is C19H30N2O3. The summed E-state index contributed by atoms with van der Waals surface area (Å²) in [5, 5.41) is 3.28. The molecular weight excluding hydrogens is 304 g/mol. The van der Waals surface area contributed by atoms with Crippen LogP contribution in [0, 0.1) is 0 Å². The quantitative estimate of drug-likeness (QED) is 0.743. The molecule has 0 radical (unpaired) electrons. The van der Waals surface area contributed by atoms with Gasteiger partial charge in [-0.15, -0.1) is 0 Å². The van der Waals surface area contributed by atoms with Crippen molar-refractivity contribution in [1.82, 2.24) is 10.2 Å². The monoisotopic (exact) mass is 334 g/mol. The maximum absolute atomic E-state index is 12.4. The second kappa shape index (κ2) is 9.52. The maximum atomic E-state index is 12.4. The van der Waals surface area contributed by atoms with Crippen LogP contribution >= 0.6 is 0 Å². The van der Waals surface area contributed by atoms with E-state index in [4.69, 9.17) is 9.47 Å². The molecule has 1 unspecified atom stereocenters. The van der Waals surface area contributed by atoms with E-state index < -0.39 is 0 Å². The van der Waals surface area contributed by atoms with E-state index in [1.54, 1.807) is 14.2 Å². The highest BCUT2D eigenvalue weighted by molar-refractivity contribution is 5.78. The van der Waals surface area contributed by atoms with Gasteiger partial charge in [-0.1, -0.05) is 13.0 Å². The summed E-state index contributed by atoms with van der Waals surface area (Å²) in [4.78, 5) is 14.5. The molecule has 1 atom stereocenters. The molecule has 1 aliphatic rings. The Bertz CT molecular complexity index is 533. The van der Waals surface area contributed by atoms with E-state index >= 15 is 0 Å². The van der Waals surface area contributed by atoms with Gasteiger partial charge in [0.1, 0.15) is 0 Å². The van der Waals surface area contributed by atoms with Gasteiger partial charge in [0.25, 0.3) is 0 Å². The van der Waals surface area contributed by atoms with Crippen LogP contribution in [0.4, 0.5) is 0 Å². The van der Waals surface area contributed by atoms with E-state index in [-0.39, 0.29) is 5.91 Å². The van der Waals surface area contributed by atoms with E-state index in [9.17, 15) is 4.79 Å². The van der Waals surface area contributed by atoms with Crippen molar-refractivity contribution < 1.29 is 14.3 Å². The molecule has 24 heavy (non-hydrogen) atoms. The summed E-state index contributed by atoms with van der Waals surface area (Å²) in [7, 11) is 3.27. The first kappa shape index (κ1) is 18.6. The van der Waals surface area contributed by atoms with Crippen LogP contribution in [0.2, 0.25) is 0 Å². The molecule has 0 saturated carbocycles. The van der Waals surface area contributed by atoms with Crippen LogP contribution in [-0.2, 0) is 11.2 Å². The Morgan fingerprint density at radius 2 is 2.04 bits per heavy atom. The third kappa shape index (κ3) is 4.87. The molecule has 1 saturated heterocycles. The molecule has 1 aromatic carbocycles. The molecule has 0 bridgehead atoms. The summed E-state index contributed by atoms with van der Waals surface area (Å²) in [6, 6.07) is 6.36. The smallest absolute Gasteiger partial charge is 0.236 e. The summed E-state index contributed by atoms with van der Waals surface area (Å²) >= 11 is 0. The van der Waals surface area contributed by atoms with Gasteiger partial charge in [0.05, 0.1) is 20.8 Å². The number of hydrogen-bond acceptors (Lipinski definition) is 4. The van der Waals surface area contributed by atoms with Gasteiger partial charge in [-0.2, -0.15) is 0 Å². The van der Waals surface area contributed by atoms with E-state index in [1.807, 2.05) is 18.2 Å². The predicted molar refractivity (Wildman–Crippen MR) is 95.8 cm³/mol. The first-order chi connectivity index (χ1) is 11.7. The number of ether oxygens (including phenoxy) is 2. The van der Waals surface area contributed by atoms with E-state index in [0.29, 0.717) is 12.6 Å². The minimum absolute atomic E-state index is 0.230. The molecule has 1 heterocycles. The molecule has 1 fully saturated rings. The number of hydrogen-bond donors (Lipinski definition) is 1. The van der Waals surface area contributed by atoms with Gasteiger partial charge in [0.2, 0.25) is 5.91 Å². The molecule has 5 heteroatoms. The summed E-state index contributed by atoms with van der Waals surface area (Å²) in [5.74, 6) is 1.71. The molecule has 5 nitrogen and oxygen atoms in total. The molecule has 2 rings (SSSR count). The number of benzene rings is 1. The first-order valence-corrected chi connectivity index (χ1v) is 8.90. The molecule has 134 valence electrons. The molecule has 1 amide bonds. The van der Waals surface area contributed by atoms with Crippen molar-refractivity contribution in [3.63, 3.8) is 0 Å². The second-order valence-electron chi connectivity index (χ2n) is 6.26. The van der Waals surface area contributed by atoms with E-state index in [2.05, 4.69) is 17.1 Å². The van der Waals surface area contributed by atoms with Crippen molar-refractivity contribution in [2.75, 3.05) is 33.9 Å². The number of nitrogens with one attached hydrogen (secondary N) is 1. The third-order valence-electron chi connectivity index (χ3n) is 4.73. The Hall–Kier alpha value is -1.75. The summed E-state index contributed by atoms with van der Waals surface area (Å²) in [6.07, 6.45) is 5.43. The van der Waals surface area contributed by atoms with Gasteiger partial charge < -0.3 is 19.7 Å². The standard InChI is InChI=1S/C19H30N2O3/c1-4-16-7-5-6-12-21(16)19(22)14-20-11-10-15-8-9-17(23-2)18(13-15)24-3/h8-9,13,16,20H,4-7,10-12,14H2,1-3H3. The van der Waals surface area contributed by atoms with Crippen molar-refractivity contribution in [3.05, 3.63) is 23.8 Å². The second-order valence-corrected chi connectivity index (χ2v) is 6.26. The molecule has 0 aromatic heterocycles. The van der Waals surface area contributed by atoms with Crippen LogP contribution < -0.4 is 14.8 Å². The van der Waals surface area contributed by atoms with Gasteiger partial charge in [-0.3, -0.25) is 4.79 Å². The normalized spacial score (nSPS) is 17.6. The number of nitrogens with zero attached hydrogens (tertiary/aromatic N) is 1. The van der Waals surface area contributed by atoms with Crippen molar-refractivity contribution >= 4 is 5.91 Å². The van der Waals surface area contributed by atoms with Crippen LogP contribution in [0.15, 0.2) is 18.2 Å². The number of carbonyl (C=O) groups is 1. The lowest BCUT2D eigenvalue weighted by Gasteiger charge is -2.35. The lowest BCUT2D eigenvalue weighted by atomic mass is 10.00. The van der Waals surface area contributed by atoms with Gasteiger partial charge in [-0.25, -0.2) is 0 Å². The lowest BCUT2D eigenvalue weighted by Crippen LogP contribution is -2.47. The van der Waals surface area contributed by atoms with Gasteiger partial charge in [0, 0.05) is 12.6 Å². The summed E-state index contributed by atoms with van der Waals surface area (Å²) < 4.78 is 10.6. The van der Waals surface area contributed by atoms with Crippen molar-refractivity contribution in [2.24, 2.45) is 0 Å². The van der Waals surface area contributed by atoms with Crippen LogP contribution in [0.3, 0.4) is 0 Å². The zero-order chi connectivity index (χ0) is 17.4. The Kier molecular flexibility index (Phi) is 7.37. The van der Waals surface area contributed by atoms with Crippen molar-refractivity contribution in [1.29, 1.82) is 0 Å². The van der Waals surface area contributed by atoms with Crippen LogP contribution in [0.25, 0.3) is 0 Å². The Labute approximate surface area is 145 Å².